The molecule has 1 amide bonds. The summed E-state index contributed by atoms with van der Waals surface area (Å²) in [5, 5.41) is 3.00. The van der Waals surface area contributed by atoms with Gasteiger partial charge in [-0.05, 0) is 42.7 Å². The van der Waals surface area contributed by atoms with Crippen LogP contribution < -0.4 is 5.32 Å². The molecule has 2 aromatic rings. The molecule has 27 heavy (non-hydrogen) atoms. The Labute approximate surface area is 162 Å². The lowest BCUT2D eigenvalue weighted by Gasteiger charge is -2.21. The number of nitrogens with one attached hydrogen (secondary N) is 1. The summed E-state index contributed by atoms with van der Waals surface area (Å²) < 4.78 is 27.0. The molecule has 0 radical (unpaired) electrons. The molecular weight excluding hydrogens is 360 g/mol. The number of carbonyl (C=O) groups excluding carboxylic acids is 1. The minimum Gasteiger partial charge on any atom is -0.349 e. The van der Waals surface area contributed by atoms with Gasteiger partial charge in [-0.1, -0.05) is 51.1 Å². The second kappa shape index (κ2) is 9.67. The Morgan fingerprint density at radius 2 is 1.56 bits per heavy atom. The Bertz CT molecular complexity index is 829. The van der Waals surface area contributed by atoms with E-state index in [2.05, 4.69) is 5.32 Å². The van der Waals surface area contributed by atoms with Crippen LogP contribution in [-0.4, -0.2) is 31.2 Å². The van der Waals surface area contributed by atoms with Crippen LogP contribution in [0.4, 0.5) is 0 Å². The van der Waals surface area contributed by atoms with Crippen molar-refractivity contribution in [3.8, 4) is 0 Å². The number of amides is 1. The zero-order valence-corrected chi connectivity index (χ0v) is 17.0. The molecule has 0 spiro atoms. The lowest BCUT2D eigenvalue weighted by molar-refractivity contribution is 0.0935. The first-order valence-corrected chi connectivity index (χ1v) is 10.8. The van der Waals surface area contributed by atoms with Crippen molar-refractivity contribution in [2.75, 3.05) is 6.54 Å². The first-order chi connectivity index (χ1) is 12.9. The number of carbonyl (C=O) groups is 1. The van der Waals surface area contributed by atoms with E-state index >= 15 is 0 Å². The molecule has 0 aliphatic heterocycles. The summed E-state index contributed by atoms with van der Waals surface area (Å²) in [6.45, 7) is 6.54. The topological polar surface area (TPSA) is 66.5 Å². The zero-order valence-electron chi connectivity index (χ0n) is 16.2. The summed E-state index contributed by atoms with van der Waals surface area (Å²) in [6.07, 6.45) is 1.78. The van der Waals surface area contributed by atoms with Crippen LogP contribution in [0.25, 0.3) is 0 Å². The molecule has 0 unspecified atom stereocenters. The Hall–Kier alpha value is -2.18. The van der Waals surface area contributed by atoms with Crippen molar-refractivity contribution >= 4 is 15.9 Å². The molecule has 0 bridgehead atoms. The Kier molecular flexibility index (Phi) is 7.56. The van der Waals surface area contributed by atoms with Crippen LogP contribution in [0.5, 0.6) is 0 Å². The van der Waals surface area contributed by atoms with Gasteiger partial charge in [-0.25, -0.2) is 8.42 Å². The van der Waals surface area contributed by atoms with E-state index in [1.807, 2.05) is 32.9 Å². The van der Waals surface area contributed by atoms with E-state index in [0.717, 1.165) is 18.4 Å². The van der Waals surface area contributed by atoms with Crippen molar-refractivity contribution in [1.82, 2.24) is 9.62 Å². The van der Waals surface area contributed by atoms with Gasteiger partial charge in [0.05, 0.1) is 4.90 Å². The van der Waals surface area contributed by atoms with Crippen molar-refractivity contribution in [2.45, 2.75) is 51.1 Å². The highest BCUT2D eigenvalue weighted by atomic mass is 32.2. The number of hydrogen-bond donors (Lipinski definition) is 1. The molecule has 2 rings (SSSR count). The van der Waals surface area contributed by atoms with Gasteiger partial charge in [-0.3, -0.25) is 4.79 Å². The Balaban J connectivity index is 2.11. The SMILES string of the molecule is CCC(CC)NC(=O)c1ccc(CN(CC)S(=O)(=O)c2ccccc2)cc1. The first kappa shape index (κ1) is 21.1. The second-order valence-corrected chi connectivity index (χ2v) is 8.37. The standard InChI is InChI=1S/C21H28N2O3S/c1-4-19(5-2)22-21(24)18-14-12-17(13-15-18)16-23(6-3)27(25,26)20-10-8-7-9-11-20/h7-15,19H,4-6,16H2,1-3H3,(H,22,24). The first-order valence-electron chi connectivity index (χ1n) is 9.37. The minimum absolute atomic E-state index is 0.0977. The fourth-order valence-corrected chi connectivity index (χ4v) is 4.29. The Morgan fingerprint density at radius 3 is 2.07 bits per heavy atom. The maximum atomic E-state index is 12.8. The van der Waals surface area contributed by atoms with E-state index in [9.17, 15) is 13.2 Å². The number of sulfonamides is 1. The van der Waals surface area contributed by atoms with Crippen LogP contribution in [0.1, 0.15) is 49.5 Å². The molecule has 0 atom stereocenters. The average Bonchev–Trinajstić information content (AvgIpc) is 2.70. The van der Waals surface area contributed by atoms with Crippen molar-refractivity contribution in [3.63, 3.8) is 0 Å². The van der Waals surface area contributed by atoms with Crippen molar-refractivity contribution in [3.05, 3.63) is 65.7 Å². The summed E-state index contributed by atoms with van der Waals surface area (Å²) in [7, 11) is -3.54. The molecule has 0 saturated heterocycles. The summed E-state index contributed by atoms with van der Waals surface area (Å²) in [5.41, 5.74) is 1.43. The highest BCUT2D eigenvalue weighted by Crippen LogP contribution is 2.18. The fourth-order valence-electron chi connectivity index (χ4n) is 2.83. The molecule has 5 nitrogen and oxygen atoms in total. The van der Waals surface area contributed by atoms with Crippen LogP contribution in [0.3, 0.4) is 0 Å². The van der Waals surface area contributed by atoms with Gasteiger partial charge in [0.25, 0.3) is 5.91 Å². The van der Waals surface area contributed by atoms with Gasteiger partial charge in [-0.15, -0.1) is 0 Å². The molecule has 0 saturated carbocycles. The molecule has 1 N–H and O–H groups in total. The lowest BCUT2D eigenvalue weighted by atomic mass is 10.1. The van der Waals surface area contributed by atoms with E-state index < -0.39 is 10.0 Å². The zero-order chi connectivity index (χ0) is 19.9. The van der Waals surface area contributed by atoms with Gasteiger partial charge >= 0.3 is 0 Å². The molecule has 0 aliphatic rings. The van der Waals surface area contributed by atoms with Crippen LogP contribution in [0.2, 0.25) is 0 Å². The highest BCUT2D eigenvalue weighted by molar-refractivity contribution is 7.89. The third-order valence-corrected chi connectivity index (χ3v) is 6.56. The van der Waals surface area contributed by atoms with Crippen molar-refractivity contribution < 1.29 is 13.2 Å². The molecule has 6 heteroatoms. The van der Waals surface area contributed by atoms with E-state index in [4.69, 9.17) is 0 Å². The van der Waals surface area contributed by atoms with Gasteiger partial charge in [0, 0.05) is 24.7 Å². The smallest absolute Gasteiger partial charge is 0.251 e. The molecule has 146 valence electrons. The molecule has 0 aliphatic carbocycles. The predicted molar refractivity (Wildman–Crippen MR) is 108 cm³/mol. The third-order valence-electron chi connectivity index (χ3n) is 4.63. The maximum Gasteiger partial charge on any atom is 0.251 e. The fraction of sp³-hybridized carbons (Fsp3) is 0.381. The number of rotatable bonds is 9. The van der Waals surface area contributed by atoms with Gasteiger partial charge in [-0.2, -0.15) is 4.31 Å². The number of hydrogen-bond acceptors (Lipinski definition) is 3. The number of nitrogens with zero attached hydrogens (tertiary/aromatic N) is 1. The van der Waals surface area contributed by atoms with Crippen LogP contribution >= 0.6 is 0 Å². The van der Waals surface area contributed by atoms with Gasteiger partial charge in [0.1, 0.15) is 0 Å². The normalized spacial score (nSPS) is 11.7. The molecule has 0 heterocycles. The molecule has 2 aromatic carbocycles. The predicted octanol–water partition coefficient (Wildman–Crippen LogP) is 3.82. The highest BCUT2D eigenvalue weighted by Gasteiger charge is 2.23. The Morgan fingerprint density at radius 1 is 0.963 bits per heavy atom. The summed E-state index contributed by atoms with van der Waals surface area (Å²) in [4.78, 5) is 12.6. The third kappa shape index (κ3) is 5.40. The monoisotopic (exact) mass is 388 g/mol. The van der Waals surface area contributed by atoms with Crippen molar-refractivity contribution in [1.29, 1.82) is 0 Å². The van der Waals surface area contributed by atoms with Crippen LogP contribution in [0.15, 0.2) is 59.5 Å². The second-order valence-electron chi connectivity index (χ2n) is 6.43. The summed E-state index contributed by atoms with van der Waals surface area (Å²) in [5.74, 6) is -0.0977. The van der Waals surface area contributed by atoms with Crippen LogP contribution in [0, 0.1) is 0 Å². The summed E-state index contributed by atoms with van der Waals surface area (Å²) >= 11 is 0. The largest absolute Gasteiger partial charge is 0.349 e. The number of benzene rings is 2. The average molecular weight is 389 g/mol. The van der Waals surface area contributed by atoms with Gasteiger partial charge < -0.3 is 5.32 Å². The maximum absolute atomic E-state index is 12.8. The van der Waals surface area contributed by atoms with E-state index in [1.54, 1.807) is 42.5 Å². The van der Waals surface area contributed by atoms with E-state index in [0.29, 0.717) is 12.1 Å². The van der Waals surface area contributed by atoms with Gasteiger partial charge in [0.15, 0.2) is 0 Å². The van der Waals surface area contributed by atoms with Crippen molar-refractivity contribution in [2.24, 2.45) is 0 Å². The van der Waals surface area contributed by atoms with E-state index in [-0.39, 0.29) is 23.4 Å². The molecule has 0 aromatic heterocycles. The molecule has 0 fully saturated rings. The minimum atomic E-state index is -3.54. The lowest BCUT2D eigenvalue weighted by Crippen LogP contribution is -2.33. The van der Waals surface area contributed by atoms with Crippen LogP contribution in [-0.2, 0) is 16.6 Å². The molecular formula is C21H28N2O3S. The van der Waals surface area contributed by atoms with Gasteiger partial charge in [0.2, 0.25) is 10.0 Å². The summed E-state index contributed by atoms with van der Waals surface area (Å²) in [6, 6.07) is 15.7. The quantitative estimate of drug-likeness (QED) is 0.710. The van der Waals surface area contributed by atoms with E-state index in [1.165, 1.54) is 4.31 Å².